The first-order valence-corrected chi connectivity index (χ1v) is 9.88. The standard InChI is InChI=1S/C21H31N3O5/c1-4-22-7-9-27-11-12-28-10-8-23-20(25)13-16-14-21(26)29-19-15-17(24(2)3)5-6-18(16)19/h5-6,14-15,22H,4,7-13H2,1-3H3,(H,23,25). The molecule has 0 spiro atoms. The lowest BCUT2D eigenvalue weighted by Gasteiger charge is -2.13. The Balaban J connectivity index is 1.76. The van der Waals surface area contributed by atoms with E-state index < -0.39 is 5.63 Å². The van der Waals surface area contributed by atoms with Crippen LogP contribution in [0.5, 0.6) is 0 Å². The van der Waals surface area contributed by atoms with Crippen LogP contribution in [-0.2, 0) is 20.7 Å². The van der Waals surface area contributed by atoms with Gasteiger partial charge in [-0.25, -0.2) is 4.79 Å². The number of carbonyl (C=O) groups excluding carboxylic acids is 1. The zero-order chi connectivity index (χ0) is 21.1. The average molecular weight is 405 g/mol. The summed E-state index contributed by atoms with van der Waals surface area (Å²) in [5.74, 6) is -0.168. The SMILES string of the molecule is CCNCCOCCOCCNC(=O)Cc1cc(=O)oc2cc(N(C)C)ccc12. The van der Waals surface area contributed by atoms with E-state index in [-0.39, 0.29) is 12.3 Å². The van der Waals surface area contributed by atoms with E-state index >= 15 is 0 Å². The molecule has 1 heterocycles. The minimum absolute atomic E-state index is 0.108. The van der Waals surface area contributed by atoms with E-state index in [1.54, 1.807) is 6.07 Å². The van der Waals surface area contributed by atoms with E-state index in [2.05, 4.69) is 10.6 Å². The van der Waals surface area contributed by atoms with Gasteiger partial charge in [0.25, 0.3) is 0 Å². The summed E-state index contributed by atoms with van der Waals surface area (Å²) in [6.45, 7) is 6.29. The number of anilines is 1. The first-order valence-electron chi connectivity index (χ1n) is 9.88. The maximum atomic E-state index is 12.2. The van der Waals surface area contributed by atoms with Crippen molar-refractivity contribution in [2.75, 3.05) is 65.1 Å². The number of fused-ring (bicyclic) bond motifs is 1. The molecular weight excluding hydrogens is 374 g/mol. The summed E-state index contributed by atoms with van der Waals surface area (Å²) in [5.41, 5.74) is 1.58. The van der Waals surface area contributed by atoms with Crippen LogP contribution in [0.2, 0.25) is 0 Å². The second kappa shape index (κ2) is 12.2. The van der Waals surface area contributed by atoms with Crippen LogP contribution in [0.25, 0.3) is 11.0 Å². The summed E-state index contributed by atoms with van der Waals surface area (Å²) in [5, 5.41) is 6.74. The van der Waals surface area contributed by atoms with Gasteiger partial charge in [0.15, 0.2) is 0 Å². The number of carbonyl (C=O) groups is 1. The summed E-state index contributed by atoms with van der Waals surface area (Å²) in [4.78, 5) is 26.0. The number of amides is 1. The highest BCUT2D eigenvalue weighted by molar-refractivity contribution is 5.88. The third-order valence-corrected chi connectivity index (χ3v) is 4.29. The quantitative estimate of drug-likeness (QED) is 0.382. The minimum Gasteiger partial charge on any atom is -0.423 e. The fraction of sp³-hybridized carbons (Fsp3) is 0.524. The predicted molar refractivity (Wildman–Crippen MR) is 114 cm³/mol. The number of benzene rings is 1. The Morgan fingerprint density at radius 3 is 2.48 bits per heavy atom. The number of rotatable bonds is 13. The van der Waals surface area contributed by atoms with Crippen LogP contribution in [0.15, 0.2) is 33.5 Å². The lowest BCUT2D eigenvalue weighted by atomic mass is 10.1. The number of hydrogen-bond acceptors (Lipinski definition) is 7. The molecule has 1 aromatic carbocycles. The van der Waals surface area contributed by atoms with Gasteiger partial charge in [0.2, 0.25) is 5.91 Å². The van der Waals surface area contributed by atoms with Crippen LogP contribution in [0.3, 0.4) is 0 Å². The van der Waals surface area contributed by atoms with Crippen molar-refractivity contribution in [1.29, 1.82) is 0 Å². The van der Waals surface area contributed by atoms with Crippen molar-refractivity contribution in [3.8, 4) is 0 Å². The predicted octanol–water partition coefficient (Wildman–Crippen LogP) is 1.16. The highest BCUT2D eigenvalue weighted by Crippen LogP contribution is 2.23. The third-order valence-electron chi connectivity index (χ3n) is 4.29. The molecule has 0 unspecified atom stereocenters. The van der Waals surface area contributed by atoms with E-state index in [9.17, 15) is 9.59 Å². The molecule has 2 rings (SSSR count). The molecule has 29 heavy (non-hydrogen) atoms. The minimum atomic E-state index is -0.464. The van der Waals surface area contributed by atoms with Gasteiger partial charge in [-0.05, 0) is 24.2 Å². The first-order chi connectivity index (χ1) is 14.0. The second-order valence-electron chi connectivity index (χ2n) is 6.77. The van der Waals surface area contributed by atoms with Gasteiger partial charge in [-0.1, -0.05) is 6.92 Å². The van der Waals surface area contributed by atoms with E-state index in [1.165, 1.54) is 6.07 Å². The van der Waals surface area contributed by atoms with E-state index in [4.69, 9.17) is 13.9 Å². The number of nitrogens with one attached hydrogen (secondary N) is 2. The molecule has 0 aliphatic rings. The highest BCUT2D eigenvalue weighted by Gasteiger charge is 2.11. The lowest BCUT2D eigenvalue weighted by Crippen LogP contribution is -2.29. The van der Waals surface area contributed by atoms with Crippen LogP contribution < -0.4 is 21.2 Å². The Labute approximate surface area is 171 Å². The Bertz CT molecular complexity index is 835. The van der Waals surface area contributed by atoms with Crippen molar-refractivity contribution in [3.63, 3.8) is 0 Å². The van der Waals surface area contributed by atoms with E-state index in [1.807, 2.05) is 38.1 Å². The van der Waals surface area contributed by atoms with Gasteiger partial charge in [0.1, 0.15) is 5.58 Å². The molecule has 2 aromatic rings. The molecule has 0 saturated carbocycles. The fourth-order valence-electron chi connectivity index (χ4n) is 2.78. The molecule has 160 valence electrons. The zero-order valence-electron chi connectivity index (χ0n) is 17.5. The highest BCUT2D eigenvalue weighted by atomic mass is 16.5. The van der Waals surface area contributed by atoms with Crippen molar-refractivity contribution in [2.24, 2.45) is 0 Å². The van der Waals surface area contributed by atoms with E-state index in [0.717, 1.165) is 24.2 Å². The third kappa shape index (κ3) is 7.84. The average Bonchev–Trinajstić information content (AvgIpc) is 2.68. The largest absolute Gasteiger partial charge is 0.423 e. The summed E-state index contributed by atoms with van der Waals surface area (Å²) >= 11 is 0. The van der Waals surface area contributed by atoms with Gasteiger partial charge < -0.3 is 29.4 Å². The van der Waals surface area contributed by atoms with Gasteiger partial charge in [0.05, 0.1) is 32.8 Å². The fourth-order valence-corrected chi connectivity index (χ4v) is 2.78. The van der Waals surface area contributed by atoms with Crippen LogP contribution >= 0.6 is 0 Å². The first kappa shape index (κ1) is 22.9. The molecule has 0 atom stereocenters. The molecule has 0 aliphatic heterocycles. The van der Waals surface area contributed by atoms with Crippen molar-refractivity contribution in [3.05, 3.63) is 40.2 Å². The molecule has 8 heteroatoms. The maximum absolute atomic E-state index is 12.2. The lowest BCUT2D eigenvalue weighted by molar-refractivity contribution is -0.120. The smallest absolute Gasteiger partial charge is 0.336 e. The van der Waals surface area contributed by atoms with Crippen molar-refractivity contribution >= 4 is 22.6 Å². The molecule has 1 aromatic heterocycles. The van der Waals surface area contributed by atoms with E-state index in [0.29, 0.717) is 44.1 Å². The molecule has 0 radical (unpaired) electrons. The van der Waals surface area contributed by atoms with Crippen molar-refractivity contribution in [1.82, 2.24) is 10.6 Å². The van der Waals surface area contributed by atoms with Crippen LogP contribution in [0.4, 0.5) is 5.69 Å². The second-order valence-corrected chi connectivity index (χ2v) is 6.77. The van der Waals surface area contributed by atoms with Gasteiger partial charge in [0, 0.05) is 50.4 Å². The Morgan fingerprint density at radius 1 is 1.07 bits per heavy atom. The molecule has 0 fully saturated rings. The Kier molecular flexibility index (Phi) is 9.63. The van der Waals surface area contributed by atoms with Crippen molar-refractivity contribution in [2.45, 2.75) is 13.3 Å². The van der Waals surface area contributed by atoms with Crippen LogP contribution in [0.1, 0.15) is 12.5 Å². The molecule has 0 aliphatic carbocycles. The topological polar surface area (TPSA) is 93.0 Å². The molecular formula is C21H31N3O5. The van der Waals surface area contributed by atoms with Gasteiger partial charge in [-0.15, -0.1) is 0 Å². The van der Waals surface area contributed by atoms with Gasteiger partial charge >= 0.3 is 5.63 Å². The zero-order valence-corrected chi connectivity index (χ0v) is 17.5. The summed E-state index contributed by atoms with van der Waals surface area (Å²) < 4.78 is 16.1. The summed E-state index contributed by atoms with van der Waals surface area (Å²) in [7, 11) is 3.82. The monoisotopic (exact) mass is 405 g/mol. The maximum Gasteiger partial charge on any atom is 0.336 e. The summed E-state index contributed by atoms with van der Waals surface area (Å²) in [6.07, 6.45) is 0.108. The molecule has 1 amide bonds. The van der Waals surface area contributed by atoms with Crippen LogP contribution in [0, 0.1) is 0 Å². The molecule has 0 bridgehead atoms. The summed E-state index contributed by atoms with van der Waals surface area (Å²) in [6, 6.07) is 6.97. The van der Waals surface area contributed by atoms with Gasteiger partial charge in [-0.2, -0.15) is 0 Å². The molecule has 8 nitrogen and oxygen atoms in total. The number of hydrogen-bond donors (Lipinski definition) is 2. The van der Waals surface area contributed by atoms with Crippen molar-refractivity contribution < 1.29 is 18.7 Å². The normalized spacial score (nSPS) is 11.0. The molecule has 0 saturated heterocycles. The number of likely N-dealkylation sites (N-methyl/N-ethyl adjacent to an activating group) is 1. The van der Waals surface area contributed by atoms with Crippen LogP contribution in [-0.4, -0.2) is 66.1 Å². The van der Waals surface area contributed by atoms with Gasteiger partial charge in [-0.3, -0.25) is 4.79 Å². The molecule has 2 N–H and O–H groups in total. The Hall–Kier alpha value is -2.42. The Morgan fingerprint density at radius 2 is 1.79 bits per heavy atom. The number of nitrogens with zero attached hydrogens (tertiary/aromatic N) is 1. The number of ether oxygens (including phenoxy) is 2.